The second-order valence-electron chi connectivity index (χ2n) is 5.15. The van der Waals surface area contributed by atoms with Crippen LogP contribution in [0.5, 0.6) is 5.88 Å². The summed E-state index contributed by atoms with van der Waals surface area (Å²) in [4.78, 5) is 4.18. The summed E-state index contributed by atoms with van der Waals surface area (Å²) >= 11 is 0. The Bertz CT molecular complexity index is 348. The molecule has 0 atom stereocenters. The van der Waals surface area contributed by atoms with Crippen LogP contribution in [0.25, 0.3) is 0 Å². The molecule has 0 amide bonds. The molecular formula is C14H24N2O2. The van der Waals surface area contributed by atoms with Crippen molar-refractivity contribution in [2.24, 2.45) is 0 Å². The van der Waals surface area contributed by atoms with Crippen LogP contribution in [0.3, 0.4) is 0 Å². The molecule has 4 nitrogen and oxygen atoms in total. The Labute approximate surface area is 110 Å². The first-order valence-corrected chi connectivity index (χ1v) is 6.42. The average molecular weight is 252 g/mol. The highest BCUT2D eigenvalue weighted by Crippen LogP contribution is 2.10. The van der Waals surface area contributed by atoms with Gasteiger partial charge in [-0.3, -0.25) is 0 Å². The predicted molar refractivity (Wildman–Crippen MR) is 72.8 cm³/mol. The first-order chi connectivity index (χ1) is 8.51. The lowest BCUT2D eigenvalue weighted by Gasteiger charge is -2.20. The highest BCUT2D eigenvalue weighted by Gasteiger charge is 2.08. The lowest BCUT2D eigenvalue weighted by Crippen LogP contribution is -2.35. The molecule has 0 aliphatic rings. The van der Waals surface area contributed by atoms with E-state index in [0.29, 0.717) is 25.7 Å². The fraction of sp³-hybridized carbons (Fsp3) is 0.643. The third kappa shape index (κ3) is 6.57. The number of nitrogens with zero attached hydrogens (tertiary/aromatic N) is 1. The van der Waals surface area contributed by atoms with E-state index in [4.69, 9.17) is 9.47 Å². The van der Waals surface area contributed by atoms with Gasteiger partial charge in [0, 0.05) is 31.0 Å². The molecular weight excluding hydrogens is 228 g/mol. The monoisotopic (exact) mass is 252 g/mol. The van der Waals surface area contributed by atoms with Crippen molar-refractivity contribution in [3.05, 3.63) is 23.9 Å². The molecule has 0 aliphatic heterocycles. The molecule has 0 fully saturated rings. The fourth-order valence-electron chi connectivity index (χ4n) is 1.36. The summed E-state index contributed by atoms with van der Waals surface area (Å²) in [6.45, 7) is 11.1. The Hall–Kier alpha value is -1.13. The third-order valence-electron chi connectivity index (χ3n) is 2.30. The van der Waals surface area contributed by atoms with E-state index in [9.17, 15) is 0 Å². The van der Waals surface area contributed by atoms with Crippen molar-refractivity contribution in [1.29, 1.82) is 0 Å². The standard InChI is InChI=1S/C14H24N2O2/c1-5-17-8-9-18-13-10-12(6-7-15-13)11-16-14(2,3)4/h6-7,10,16H,5,8-9,11H2,1-4H3. The second kappa shape index (κ2) is 7.34. The lowest BCUT2D eigenvalue weighted by molar-refractivity contribution is 0.108. The molecule has 0 saturated heterocycles. The molecule has 18 heavy (non-hydrogen) atoms. The number of aromatic nitrogens is 1. The van der Waals surface area contributed by atoms with E-state index in [2.05, 4.69) is 31.1 Å². The predicted octanol–water partition coefficient (Wildman–Crippen LogP) is 2.39. The maximum absolute atomic E-state index is 5.52. The molecule has 0 aliphatic carbocycles. The maximum Gasteiger partial charge on any atom is 0.213 e. The van der Waals surface area contributed by atoms with Crippen molar-refractivity contribution < 1.29 is 9.47 Å². The zero-order chi connectivity index (χ0) is 13.4. The molecule has 0 spiro atoms. The topological polar surface area (TPSA) is 43.4 Å². The second-order valence-corrected chi connectivity index (χ2v) is 5.15. The third-order valence-corrected chi connectivity index (χ3v) is 2.30. The van der Waals surface area contributed by atoms with Crippen LogP contribution in [0.2, 0.25) is 0 Å². The van der Waals surface area contributed by atoms with Crippen LogP contribution in [-0.4, -0.2) is 30.3 Å². The van der Waals surface area contributed by atoms with Gasteiger partial charge in [0.05, 0.1) is 6.61 Å². The summed E-state index contributed by atoms with van der Waals surface area (Å²) in [5.41, 5.74) is 1.28. The van der Waals surface area contributed by atoms with Gasteiger partial charge in [0.15, 0.2) is 0 Å². The van der Waals surface area contributed by atoms with Gasteiger partial charge in [0.25, 0.3) is 0 Å². The largest absolute Gasteiger partial charge is 0.475 e. The zero-order valence-corrected chi connectivity index (χ0v) is 11.8. The summed E-state index contributed by atoms with van der Waals surface area (Å²) in [6, 6.07) is 3.96. The summed E-state index contributed by atoms with van der Waals surface area (Å²) in [6.07, 6.45) is 1.77. The van der Waals surface area contributed by atoms with Gasteiger partial charge in [0.2, 0.25) is 5.88 Å². The number of ether oxygens (including phenoxy) is 2. The number of nitrogens with one attached hydrogen (secondary N) is 1. The van der Waals surface area contributed by atoms with Gasteiger partial charge in [-0.1, -0.05) is 0 Å². The number of hydrogen-bond acceptors (Lipinski definition) is 4. The van der Waals surface area contributed by atoms with Crippen LogP contribution in [0.15, 0.2) is 18.3 Å². The van der Waals surface area contributed by atoms with E-state index < -0.39 is 0 Å². The van der Waals surface area contributed by atoms with E-state index in [0.717, 1.165) is 6.54 Å². The molecule has 0 aromatic carbocycles. The highest BCUT2D eigenvalue weighted by molar-refractivity contribution is 5.20. The molecule has 0 bridgehead atoms. The minimum Gasteiger partial charge on any atom is -0.475 e. The van der Waals surface area contributed by atoms with Crippen LogP contribution in [-0.2, 0) is 11.3 Å². The minimum absolute atomic E-state index is 0.110. The Kier molecular flexibility index (Phi) is 6.09. The van der Waals surface area contributed by atoms with Gasteiger partial charge >= 0.3 is 0 Å². The molecule has 102 valence electrons. The highest BCUT2D eigenvalue weighted by atomic mass is 16.5. The SMILES string of the molecule is CCOCCOc1cc(CNC(C)(C)C)ccn1. The van der Waals surface area contributed by atoms with E-state index in [-0.39, 0.29) is 5.54 Å². The van der Waals surface area contributed by atoms with Crippen LogP contribution in [0, 0.1) is 0 Å². The van der Waals surface area contributed by atoms with Gasteiger partial charge in [-0.25, -0.2) is 4.98 Å². The Balaban J connectivity index is 2.41. The fourth-order valence-corrected chi connectivity index (χ4v) is 1.36. The molecule has 1 aromatic heterocycles. The van der Waals surface area contributed by atoms with E-state index in [1.807, 2.05) is 19.1 Å². The summed E-state index contributed by atoms with van der Waals surface area (Å²) < 4.78 is 10.7. The summed E-state index contributed by atoms with van der Waals surface area (Å²) in [7, 11) is 0. The number of hydrogen-bond donors (Lipinski definition) is 1. The zero-order valence-electron chi connectivity index (χ0n) is 11.8. The van der Waals surface area contributed by atoms with Gasteiger partial charge in [0.1, 0.15) is 6.61 Å². The van der Waals surface area contributed by atoms with Gasteiger partial charge < -0.3 is 14.8 Å². The van der Waals surface area contributed by atoms with E-state index >= 15 is 0 Å². The van der Waals surface area contributed by atoms with Gasteiger partial charge in [-0.05, 0) is 39.3 Å². The smallest absolute Gasteiger partial charge is 0.213 e. The number of rotatable bonds is 7. The molecule has 0 saturated carbocycles. The number of pyridine rings is 1. The van der Waals surface area contributed by atoms with Gasteiger partial charge in [-0.2, -0.15) is 0 Å². The maximum atomic E-state index is 5.52. The Morgan fingerprint density at radius 3 is 2.72 bits per heavy atom. The van der Waals surface area contributed by atoms with Crippen LogP contribution in [0.4, 0.5) is 0 Å². The van der Waals surface area contributed by atoms with E-state index in [1.165, 1.54) is 5.56 Å². The Morgan fingerprint density at radius 1 is 1.28 bits per heavy atom. The van der Waals surface area contributed by atoms with E-state index in [1.54, 1.807) is 6.20 Å². The average Bonchev–Trinajstić information content (AvgIpc) is 2.32. The molecule has 1 aromatic rings. The molecule has 1 rings (SSSR count). The first kappa shape index (κ1) is 14.9. The summed E-state index contributed by atoms with van der Waals surface area (Å²) in [5.74, 6) is 0.655. The normalized spacial score (nSPS) is 11.6. The van der Waals surface area contributed by atoms with Gasteiger partial charge in [-0.15, -0.1) is 0 Å². The molecule has 4 heteroatoms. The minimum atomic E-state index is 0.110. The summed E-state index contributed by atoms with van der Waals surface area (Å²) in [5, 5.41) is 3.43. The van der Waals surface area contributed by atoms with Crippen molar-refractivity contribution in [2.45, 2.75) is 39.8 Å². The molecule has 0 radical (unpaired) electrons. The van der Waals surface area contributed by atoms with Crippen LogP contribution >= 0.6 is 0 Å². The van der Waals surface area contributed by atoms with Crippen LogP contribution < -0.4 is 10.1 Å². The van der Waals surface area contributed by atoms with Crippen molar-refractivity contribution in [3.8, 4) is 5.88 Å². The molecule has 1 heterocycles. The lowest BCUT2D eigenvalue weighted by atomic mass is 10.1. The van der Waals surface area contributed by atoms with Crippen molar-refractivity contribution in [3.63, 3.8) is 0 Å². The molecule has 1 N–H and O–H groups in total. The molecule has 0 unspecified atom stereocenters. The first-order valence-electron chi connectivity index (χ1n) is 6.42. The van der Waals surface area contributed by atoms with Crippen LogP contribution in [0.1, 0.15) is 33.3 Å². The quantitative estimate of drug-likeness (QED) is 0.757. The van der Waals surface area contributed by atoms with Crippen molar-refractivity contribution >= 4 is 0 Å². The van der Waals surface area contributed by atoms with Crippen molar-refractivity contribution in [2.75, 3.05) is 19.8 Å². The Morgan fingerprint density at radius 2 is 2.06 bits per heavy atom. The van der Waals surface area contributed by atoms with Crippen molar-refractivity contribution in [1.82, 2.24) is 10.3 Å².